The second-order valence-corrected chi connectivity index (χ2v) is 7.18. The Hall–Kier alpha value is -3.75. The molecule has 9 heteroatoms. The number of carbonyl (C=O) groups is 1. The lowest BCUT2D eigenvalue weighted by atomic mass is 10.1. The molecule has 1 aliphatic rings. The summed E-state index contributed by atoms with van der Waals surface area (Å²) in [6.07, 6.45) is 6.69. The van der Waals surface area contributed by atoms with Crippen LogP contribution in [0.25, 0.3) is 0 Å². The fraction of sp³-hybridized carbons (Fsp3) is 0.286. The van der Waals surface area contributed by atoms with Crippen LogP contribution in [0.5, 0.6) is 0 Å². The van der Waals surface area contributed by atoms with Gasteiger partial charge in [0, 0.05) is 43.7 Å². The molecule has 1 aliphatic heterocycles. The summed E-state index contributed by atoms with van der Waals surface area (Å²) >= 11 is 0. The number of anilines is 2. The molecule has 3 heterocycles. The molecule has 0 aliphatic carbocycles. The zero-order valence-corrected chi connectivity index (χ0v) is 16.4. The van der Waals surface area contributed by atoms with Gasteiger partial charge in [0.1, 0.15) is 0 Å². The average molecular weight is 406 g/mol. The van der Waals surface area contributed by atoms with Gasteiger partial charge < -0.3 is 10.2 Å². The van der Waals surface area contributed by atoms with E-state index >= 15 is 0 Å². The molecule has 154 valence electrons. The molecule has 0 spiro atoms. The van der Waals surface area contributed by atoms with E-state index in [2.05, 4.69) is 20.3 Å². The molecule has 1 N–H and O–H groups in total. The summed E-state index contributed by atoms with van der Waals surface area (Å²) < 4.78 is 1.68. The number of non-ortho nitro benzene ring substituents is 1. The number of nitro groups is 1. The Morgan fingerprint density at radius 2 is 1.97 bits per heavy atom. The summed E-state index contributed by atoms with van der Waals surface area (Å²) in [4.78, 5) is 30.1. The summed E-state index contributed by atoms with van der Waals surface area (Å²) in [5.41, 5.74) is 1.74. The molecule has 3 aromatic rings. The smallest absolute Gasteiger partial charge is 0.270 e. The van der Waals surface area contributed by atoms with Crippen LogP contribution in [-0.2, 0) is 6.54 Å². The average Bonchev–Trinajstić information content (AvgIpc) is 3.21. The van der Waals surface area contributed by atoms with Gasteiger partial charge >= 0.3 is 0 Å². The van der Waals surface area contributed by atoms with Gasteiger partial charge in [-0.05, 0) is 37.5 Å². The van der Waals surface area contributed by atoms with Crippen LogP contribution in [0.3, 0.4) is 0 Å². The first-order valence-electron chi connectivity index (χ1n) is 9.88. The van der Waals surface area contributed by atoms with Gasteiger partial charge in [-0.2, -0.15) is 5.10 Å². The van der Waals surface area contributed by atoms with Crippen LogP contribution in [-0.4, -0.2) is 38.7 Å². The van der Waals surface area contributed by atoms with E-state index in [1.54, 1.807) is 29.2 Å². The molecule has 0 saturated carbocycles. The number of carbonyl (C=O) groups excluding carboxylic acids is 1. The van der Waals surface area contributed by atoms with Crippen molar-refractivity contribution in [2.24, 2.45) is 0 Å². The topological polar surface area (TPSA) is 106 Å². The van der Waals surface area contributed by atoms with Crippen LogP contribution >= 0.6 is 0 Å². The summed E-state index contributed by atoms with van der Waals surface area (Å²) in [5.74, 6) is -0.0330. The van der Waals surface area contributed by atoms with E-state index in [-0.39, 0.29) is 11.3 Å². The number of hydrogen-bond acceptors (Lipinski definition) is 6. The van der Waals surface area contributed by atoms with E-state index in [1.807, 2.05) is 18.2 Å². The monoisotopic (exact) mass is 406 g/mol. The van der Waals surface area contributed by atoms with Gasteiger partial charge in [0.2, 0.25) is 0 Å². The number of rotatable bonds is 6. The number of nitrogens with zero attached hydrogens (tertiary/aromatic N) is 5. The van der Waals surface area contributed by atoms with Gasteiger partial charge in [-0.1, -0.05) is 6.07 Å². The second kappa shape index (κ2) is 8.73. The molecule has 2 aromatic heterocycles. The first kappa shape index (κ1) is 19.6. The molecular formula is C21H22N6O3. The summed E-state index contributed by atoms with van der Waals surface area (Å²) in [6.45, 7) is 2.14. The van der Waals surface area contributed by atoms with Gasteiger partial charge in [-0.25, -0.2) is 0 Å². The third-order valence-corrected chi connectivity index (χ3v) is 5.06. The van der Waals surface area contributed by atoms with E-state index in [9.17, 15) is 14.9 Å². The Kier molecular flexibility index (Phi) is 5.69. The summed E-state index contributed by atoms with van der Waals surface area (Å²) in [7, 11) is 0. The largest absolute Gasteiger partial charge is 0.371 e. The maximum Gasteiger partial charge on any atom is 0.270 e. The number of nitrogens with one attached hydrogen (secondary N) is 1. The zero-order chi connectivity index (χ0) is 20.9. The predicted molar refractivity (Wildman–Crippen MR) is 113 cm³/mol. The molecule has 0 atom stereocenters. The van der Waals surface area contributed by atoms with Crippen molar-refractivity contribution >= 4 is 23.1 Å². The van der Waals surface area contributed by atoms with Crippen LogP contribution in [0.1, 0.15) is 35.3 Å². The second-order valence-electron chi connectivity index (χ2n) is 7.18. The molecule has 1 aromatic carbocycles. The lowest BCUT2D eigenvalue weighted by molar-refractivity contribution is -0.384. The number of pyridine rings is 1. The first-order valence-corrected chi connectivity index (χ1v) is 9.88. The lowest BCUT2D eigenvalue weighted by Gasteiger charge is -2.30. The predicted octanol–water partition coefficient (Wildman–Crippen LogP) is 3.48. The Morgan fingerprint density at radius 3 is 2.70 bits per heavy atom. The fourth-order valence-electron chi connectivity index (χ4n) is 3.59. The highest BCUT2D eigenvalue weighted by Gasteiger charge is 2.22. The number of amides is 1. The van der Waals surface area contributed by atoms with Crippen molar-refractivity contribution in [2.75, 3.05) is 23.3 Å². The van der Waals surface area contributed by atoms with Crippen LogP contribution in [0, 0.1) is 10.1 Å². The molecule has 0 radical (unpaired) electrons. The lowest BCUT2D eigenvalue weighted by Crippen LogP contribution is -2.31. The van der Waals surface area contributed by atoms with E-state index in [0.717, 1.165) is 38.0 Å². The molecule has 1 amide bonds. The van der Waals surface area contributed by atoms with E-state index in [0.29, 0.717) is 18.1 Å². The molecular weight excluding hydrogens is 384 g/mol. The van der Waals surface area contributed by atoms with E-state index in [1.165, 1.54) is 12.1 Å². The van der Waals surface area contributed by atoms with Gasteiger partial charge in [0.15, 0.2) is 5.82 Å². The Balaban J connectivity index is 1.55. The molecule has 4 rings (SSSR count). The Bertz CT molecular complexity index is 1040. The number of nitro benzene ring substituents is 1. The van der Waals surface area contributed by atoms with Crippen molar-refractivity contribution < 1.29 is 9.72 Å². The van der Waals surface area contributed by atoms with Crippen molar-refractivity contribution in [3.8, 4) is 0 Å². The number of aromatic nitrogens is 3. The first-order chi connectivity index (χ1) is 14.6. The Labute approximate surface area is 173 Å². The van der Waals surface area contributed by atoms with Crippen molar-refractivity contribution in [3.63, 3.8) is 0 Å². The van der Waals surface area contributed by atoms with E-state index in [4.69, 9.17) is 0 Å². The molecule has 30 heavy (non-hydrogen) atoms. The number of hydrogen-bond donors (Lipinski definition) is 1. The number of benzene rings is 1. The highest BCUT2D eigenvalue weighted by atomic mass is 16.6. The van der Waals surface area contributed by atoms with Gasteiger partial charge in [-0.3, -0.25) is 24.6 Å². The zero-order valence-electron chi connectivity index (χ0n) is 16.4. The number of piperidine rings is 1. The molecule has 9 nitrogen and oxygen atoms in total. The summed E-state index contributed by atoms with van der Waals surface area (Å²) in [5, 5.41) is 18.4. The summed E-state index contributed by atoms with van der Waals surface area (Å²) in [6, 6.07) is 11.8. The third-order valence-electron chi connectivity index (χ3n) is 5.06. The third kappa shape index (κ3) is 4.45. The van der Waals surface area contributed by atoms with Gasteiger partial charge in [0.05, 0.1) is 28.4 Å². The normalized spacial score (nSPS) is 13.8. The highest BCUT2D eigenvalue weighted by molar-refractivity contribution is 6.08. The standard InChI is InChI=1S/C21H22N6O3/c28-21(23-20-9-13-26(24-20)15-16-6-2-3-10-22-16)18-14-17(27(29)30)7-8-19(18)25-11-4-1-5-12-25/h2-3,6-10,13-14H,1,4-5,11-12,15H2,(H,23,24,28). The van der Waals surface area contributed by atoms with Crippen LogP contribution < -0.4 is 10.2 Å². The minimum Gasteiger partial charge on any atom is -0.371 e. The highest BCUT2D eigenvalue weighted by Crippen LogP contribution is 2.28. The quantitative estimate of drug-likeness (QED) is 0.496. The maximum atomic E-state index is 13.0. The van der Waals surface area contributed by atoms with Crippen LogP contribution in [0.15, 0.2) is 54.9 Å². The molecule has 0 unspecified atom stereocenters. The Morgan fingerprint density at radius 1 is 1.13 bits per heavy atom. The SMILES string of the molecule is O=C(Nc1ccn(Cc2ccccn2)n1)c1cc([N+](=O)[O-])ccc1N1CCCCC1. The van der Waals surface area contributed by atoms with Crippen molar-refractivity contribution in [2.45, 2.75) is 25.8 Å². The molecule has 1 fully saturated rings. The molecule has 0 bridgehead atoms. The fourth-order valence-corrected chi connectivity index (χ4v) is 3.59. The maximum absolute atomic E-state index is 13.0. The van der Waals surface area contributed by atoms with Gasteiger partial charge in [0.25, 0.3) is 11.6 Å². The van der Waals surface area contributed by atoms with Gasteiger partial charge in [-0.15, -0.1) is 0 Å². The van der Waals surface area contributed by atoms with Crippen molar-refractivity contribution in [1.82, 2.24) is 14.8 Å². The van der Waals surface area contributed by atoms with Crippen molar-refractivity contribution in [1.29, 1.82) is 0 Å². The van der Waals surface area contributed by atoms with Crippen molar-refractivity contribution in [3.05, 3.63) is 76.2 Å². The van der Waals surface area contributed by atoms with Crippen LogP contribution in [0.4, 0.5) is 17.2 Å². The van der Waals surface area contributed by atoms with Crippen LogP contribution in [0.2, 0.25) is 0 Å². The minimum absolute atomic E-state index is 0.110. The molecule has 1 saturated heterocycles. The minimum atomic E-state index is -0.488. The van der Waals surface area contributed by atoms with E-state index < -0.39 is 10.8 Å².